The van der Waals surface area contributed by atoms with E-state index in [0.717, 1.165) is 17.1 Å². The first-order valence-electron chi connectivity index (χ1n) is 9.67. The third-order valence-corrected chi connectivity index (χ3v) is 5.69. The molecule has 1 aromatic carbocycles. The van der Waals surface area contributed by atoms with Gasteiger partial charge in [-0.3, -0.25) is 14.4 Å². The summed E-state index contributed by atoms with van der Waals surface area (Å²) in [6, 6.07) is 11.8. The maximum absolute atomic E-state index is 12.9. The summed E-state index contributed by atoms with van der Waals surface area (Å²) in [7, 11) is 0. The van der Waals surface area contributed by atoms with E-state index in [4.69, 9.17) is 5.73 Å². The molecule has 0 saturated carbocycles. The second kappa shape index (κ2) is 7.50. The first-order valence-corrected chi connectivity index (χ1v) is 9.67. The van der Waals surface area contributed by atoms with Crippen LogP contribution in [0.5, 0.6) is 0 Å². The fourth-order valence-electron chi connectivity index (χ4n) is 4.07. The second-order valence-electron chi connectivity index (χ2n) is 7.40. The van der Waals surface area contributed by atoms with Gasteiger partial charge < -0.3 is 20.1 Å². The van der Waals surface area contributed by atoms with Crippen LogP contribution in [-0.4, -0.2) is 40.3 Å². The molecule has 2 aromatic rings. The Kier molecular flexibility index (Phi) is 4.90. The molecule has 3 heterocycles. The number of aromatic nitrogens is 1. The SMILES string of the molecule is NC(=O)C1CCN(C(=O)CCC(=O)N2Cc3cccn3-c3ccccc32)CC1. The van der Waals surface area contributed by atoms with Crippen LogP contribution in [0.3, 0.4) is 0 Å². The molecule has 1 aromatic heterocycles. The molecule has 146 valence electrons. The number of likely N-dealkylation sites (tertiary alicyclic amines) is 1. The maximum atomic E-state index is 12.9. The highest BCUT2D eigenvalue weighted by atomic mass is 16.2. The Morgan fingerprint density at radius 2 is 1.61 bits per heavy atom. The number of piperidine rings is 1. The molecule has 1 saturated heterocycles. The zero-order valence-electron chi connectivity index (χ0n) is 15.7. The summed E-state index contributed by atoms with van der Waals surface area (Å²) in [4.78, 5) is 40.2. The number of carbonyl (C=O) groups is 3. The standard InChI is InChI=1S/C21H24N4O3/c22-21(28)15-9-12-23(13-10-15)19(26)7-8-20(27)25-14-16-4-3-11-24(16)17-5-1-2-6-18(17)25/h1-6,11,15H,7-10,12-14H2,(H2,22,28). The molecule has 2 N–H and O–H groups in total. The molecule has 0 spiro atoms. The molecule has 7 nitrogen and oxygen atoms in total. The van der Waals surface area contributed by atoms with E-state index in [2.05, 4.69) is 4.57 Å². The Labute approximate surface area is 163 Å². The molecule has 0 radical (unpaired) electrons. The Balaban J connectivity index is 1.38. The summed E-state index contributed by atoms with van der Waals surface area (Å²) >= 11 is 0. The normalized spacial score (nSPS) is 16.4. The number of para-hydroxylation sites is 2. The lowest BCUT2D eigenvalue weighted by Gasteiger charge is -2.32. The van der Waals surface area contributed by atoms with E-state index >= 15 is 0 Å². The van der Waals surface area contributed by atoms with E-state index in [1.54, 1.807) is 9.80 Å². The largest absolute Gasteiger partial charge is 0.369 e. The lowest BCUT2D eigenvalue weighted by Crippen LogP contribution is -2.42. The molecule has 0 unspecified atom stereocenters. The van der Waals surface area contributed by atoms with Crippen molar-refractivity contribution in [3.8, 4) is 5.69 Å². The maximum Gasteiger partial charge on any atom is 0.227 e. The fourth-order valence-corrected chi connectivity index (χ4v) is 4.07. The number of hydrogen-bond acceptors (Lipinski definition) is 3. The van der Waals surface area contributed by atoms with Gasteiger partial charge in [0.25, 0.3) is 0 Å². The minimum atomic E-state index is -0.296. The van der Waals surface area contributed by atoms with Crippen LogP contribution in [-0.2, 0) is 20.9 Å². The molecule has 4 rings (SSSR count). The topological polar surface area (TPSA) is 88.6 Å². The fraction of sp³-hybridized carbons (Fsp3) is 0.381. The van der Waals surface area contributed by atoms with Crippen molar-refractivity contribution in [3.63, 3.8) is 0 Å². The minimum absolute atomic E-state index is 0.0371. The summed E-state index contributed by atoms with van der Waals surface area (Å²) in [5, 5.41) is 0. The average Bonchev–Trinajstić information content (AvgIpc) is 3.20. The van der Waals surface area contributed by atoms with Gasteiger partial charge in [0.2, 0.25) is 17.7 Å². The zero-order chi connectivity index (χ0) is 19.7. The van der Waals surface area contributed by atoms with Crippen molar-refractivity contribution in [2.45, 2.75) is 32.2 Å². The van der Waals surface area contributed by atoms with Crippen molar-refractivity contribution in [2.24, 2.45) is 11.7 Å². The third-order valence-electron chi connectivity index (χ3n) is 5.69. The van der Waals surface area contributed by atoms with Crippen LogP contribution in [0, 0.1) is 5.92 Å². The molecule has 2 aliphatic rings. The van der Waals surface area contributed by atoms with Gasteiger partial charge in [0.05, 0.1) is 17.9 Å². The smallest absolute Gasteiger partial charge is 0.227 e. The van der Waals surface area contributed by atoms with Gasteiger partial charge in [-0.15, -0.1) is 0 Å². The molecule has 1 fully saturated rings. The quantitative estimate of drug-likeness (QED) is 0.878. The van der Waals surface area contributed by atoms with Gasteiger partial charge in [-0.2, -0.15) is 0 Å². The van der Waals surface area contributed by atoms with Crippen LogP contribution in [0.2, 0.25) is 0 Å². The lowest BCUT2D eigenvalue weighted by molar-refractivity contribution is -0.136. The van der Waals surface area contributed by atoms with Crippen molar-refractivity contribution in [2.75, 3.05) is 18.0 Å². The first-order chi connectivity index (χ1) is 13.5. The average molecular weight is 380 g/mol. The molecular weight excluding hydrogens is 356 g/mol. The second-order valence-corrected chi connectivity index (χ2v) is 7.40. The van der Waals surface area contributed by atoms with Crippen molar-refractivity contribution < 1.29 is 14.4 Å². The van der Waals surface area contributed by atoms with Crippen LogP contribution >= 0.6 is 0 Å². The summed E-state index contributed by atoms with van der Waals surface area (Å²) in [6.45, 7) is 1.56. The highest BCUT2D eigenvalue weighted by Crippen LogP contribution is 2.32. The number of hydrogen-bond donors (Lipinski definition) is 1. The van der Waals surface area contributed by atoms with Crippen LogP contribution in [0.15, 0.2) is 42.6 Å². The van der Waals surface area contributed by atoms with Crippen LogP contribution in [0.25, 0.3) is 5.69 Å². The van der Waals surface area contributed by atoms with E-state index in [0.29, 0.717) is 32.5 Å². The molecule has 7 heteroatoms. The predicted octanol–water partition coefficient (Wildman–Crippen LogP) is 1.83. The number of nitrogens with zero attached hydrogens (tertiary/aromatic N) is 3. The summed E-state index contributed by atoms with van der Waals surface area (Å²) in [5.41, 5.74) is 8.23. The number of anilines is 1. The van der Waals surface area contributed by atoms with Gasteiger partial charge in [0.15, 0.2) is 0 Å². The van der Waals surface area contributed by atoms with E-state index in [-0.39, 0.29) is 36.5 Å². The third kappa shape index (κ3) is 3.40. The van der Waals surface area contributed by atoms with Crippen LogP contribution in [0.1, 0.15) is 31.4 Å². The number of benzene rings is 1. The van der Waals surface area contributed by atoms with Gasteiger partial charge in [-0.05, 0) is 37.1 Å². The summed E-state index contributed by atoms with van der Waals surface area (Å²) < 4.78 is 2.09. The van der Waals surface area contributed by atoms with E-state index < -0.39 is 0 Å². The highest BCUT2D eigenvalue weighted by Gasteiger charge is 2.28. The number of rotatable bonds is 4. The van der Waals surface area contributed by atoms with Gasteiger partial charge in [0, 0.05) is 43.7 Å². The van der Waals surface area contributed by atoms with E-state index in [9.17, 15) is 14.4 Å². The summed E-state index contributed by atoms with van der Waals surface area (Å²) in [6.07, 6.45) is 3.55. The molecule has 0 atom stereocenters. The van der Waals surface area contributed by atoms with E-state index in [1.807, 2.05) is 42.6 Å². The molecule has 28 heavy (non-hydrogen) atoms. The summed E-state index contributed by atoms with van der Waals surface area (Å²) in [5.74, 6) is -0.534. The highest BCUT2D eigenvalue weighted by molar-refractivity contribution is 5.97. The Morgan fingerprint density at radius 3 is 2.32 bits per heavy atom. The molecule has 0 aliphatic carbocycles. The number of fused-ring (bicyclic) bond motifs is 3. The van der Waals surface area contributed by atoms with Gasteiger partial charge in [0.1, 0.15) is 0 Å². The number of primary amides is 1. The first kappa shape index (κ1) is 18.3. The van der Waals surface area contributed by atoms with Gasteiger partial charge in [-0.1, -0.05) is 12.1 Å². The van der Waals surface area contributed by atoms with Crippen molar-refractivity contribution in [1.29, 1.82) is 0 Å². The zero-order valence-corrected chi connectivity index (χ0v) is 15.7. The van der Waals surface area contributed by atoms with Gasteiger partial charge in [-0.25, -0.2) is 0 Å². The van der Waals surface area contributed by atoms with Crippen molar-refractivity contribution >= 4 is 23.4 Å². The Morgan fingerprint density at radius 1 is 0.929 bits per heavy atom. The van der Waals surface area contributed by atoms with Gasteiger partial charge >= 0.3 is 0 Å². The van der Waals surface area contributed by atoms with Crippen LogP contribution < -0.4 is 10.6 Å². The van der Waals surface area contributed by atoms with E-state index in [1.165, 1.54) is 0 Å². The number of amides is 3. The molecular formula is C21H24N4O3. The molecule has 3 amide bonds. The number of carbonyl (C=O) groups excluding carboxylic acids is 3. The number of nitrogens with two attached hydrogens (primary N) is 1. The minimum Gasteiger partial charge on any atom is -0.369 e. The van der Waals surface area contributed by atoms with Crippen molar-refractivity contribution in [3.05, 3.63) is 48.3 Å². The Bertz CT molecular complexity index is 912. The predicted molar refractivity (Wildman–Crippen MR) is 105 cm³/mol. The lowest BCUT2D eigenvalue weighted by atomic mass is 9.96. The molecule has 0 bridgehead atoms. The van der Waals surface area contributed by atoms with Crippen molar-refractivity contribution in [1.82, 2.24) is 9.47 Å². The monoisotopic (exact) mass is 380 g/mol. The Hall–Kier alpha value is -3.09. The molecule has 2 aliphatic heterocycles. The van der Waals surface area contributed by atoms with Crippen LogP contribution in [0.4, 0.5) is 5.69 Å².